The van der Waals surface area contributed by atoms with Crippen molar-refractivity contribution in [3.8, 4) is 0 Å². The Kier molecular flexibility index (Phi) is 5.86. The van der Waals surface area contributed by atoms with E-state index < -0.39 is 8.07 Å². The van der Waals surface area contributed by atoms with Crippen LogP contribution in [0.3, 0.4) is 0 Å². The van der Waals surface area contributed by atoms with Crippen LogP contribution in [-0.2, 0) is 35.9 Å². The van der Waals surface area contributed by atoms with Gasteiger partial charge in [0.2, 0.25) is 0 Å². The van der Waals surface area contributed by atoms with Crippen LogP contribution < -0.4 is 5.73 Å². The summed E-state index contributed by atoms with van der Waals surface area (Å²) in [6, 6.07) is 10.7. The van der Waals surface area contributed by atoms with E-state index in [2.05, 4.69) is 24.7 Å². The second-order valence-corrected chi connectivity index (χ2v) is 13.7. The molecule has 0 saturated heterocycles. The molecule has 1 aliphatic heterocycles. The van der Waals surface area contributed by atoms with Gasteiger partial charge < -0.3 is 15.2 Å². The molecule has 1 aromatic heterocycles. The van der Waals surface area contributed by atoms with E-state index in [9.17, 15) is 4.79 Å². The number of aromatic nitrogens is 2. The quantitative estimate of drug-likeness (QED) is 0.580. The van der Waals surface area contributed by atoms with Crippen molar-refractivity contribution in [2.45, 2.75) is 52.1 Å². The number of nitrogen functional groups attached to an aromatic ring is 1. The Labute approximate surface area is 161 Å². The average molecular weight is 389 g/mol. The molecule has 146 valence electrons. The summed E-state index contributed by atoms with van der Waals surface area (Å²) < 4.78 is 13.0. The molecule has 0 unspecified atom stereocenters. The van der Waals surface area contributed by atoms with Gasteiger partial charge in [0.05, 0.1) is 18.8 Å². The van der Waals surface area contributed by atoms with Crippen LogP contribution in [0.1, 0.15) is 16.8 Å². The zero-order chi connectivity index (χ0) is 19.4. The van der Waals surface area contributed by atoms with Gasteiger partial charge in [-0.25, -0.2) is 9.48 Å². The SMILES string of the molecule is C[Si](C)(C)CCOCn1nc(N)c2c1CN(C(=O)OCc1ccccc1)C2. The Balaban J connectivity index is 1.54. The lowest BCUT2D eigenvalue weighted by Crippen LogP contribution is -2.27. The van der Waals surface area contributed by atoms with E-state index in [0.717, 1.165) is 22.9 Å². The lowest BCUT2D eigenvalue weighted by atomic mass is 10.2. The second-order valence-electron chi connectivity index (χ2n) is 8.05. The first-order valence-corrected chi connectivity index (χ1v) is 12.9. The van der Waals surface area contributed by atoms with Gasteiger partial charge in [0, 0.05) is 20.2 Å². The molecule has 27 heavy (non-hydrogen) atoms. The van der Waals surface area contributed by atoms with Gasteiger partial charge >= 0.3 is 6.09 Å². The van der Waals surface area contributed by atoms with E-state index in [1.165, 1.54) is 0 Å². The van der Waals surface area contributed by atoms with Crippen LogP contribution in [0.15, 0.2) is 30.3 Å². The summed E-state index contributed by atoms with van der Waals surface area (Å²) in [5.41, 5.74) is 8.81. The minimum absolute atomic E-state index is 0.258. The fourth-order valence-corrected chi connectivity index (χ4v) is 3.66. The molecule has 0 spiro atoms. The molecule has 7 nitrogen and oxygen atoms in total. The first kappa shape index (κ1) is 19.4. The van der Waals surface area contributed by atoms with Gasteiger partial charge in [-0.3, -0.25) is 4.90 Å². The first-order chi connectivity index (χ1) is 12.8. The van der Waals surface area contributed by atoms with Crippen molar-refractivity contribution in [3.63, 3.8) is 0 Å². The summed E-state index contributed by atoms with van der Waals surface area (Å²) in [5.74, 6) is 0.456. The second kappa shape index (κ2) is 8.14. The van der Waals surface area contributed by atoms with E-state index in [-0.39, 0.29) is 12.7 Å². The molecule has 8 heteroatoms. The van der Waals surface area contributed by atoms with Crippen molar-refractivity contribution in [1.82, 2.24) is 14.7 Å². The predicted octanol–water partition coefficient (Wildman–Crippen LogP) is 3.43. The number of fused-ring (bicyclic) bond motifs is 1. The molecule has 0 atom stereocenters. The highest BCUT2D eigenvalue weighted by Crippen LogP contribution is 2.28. The van der Waals surface area contributed by atoms with Gasteiger partial charge in [0.15, 0.2) is 5.82 Å². The van der Waals surface area contributed by atoms with Gasteiger partial charge in [-0.1, -0.05) is 50.0 Å². The summed E-state index contributed by atoms with van der Waals surface area (Å²) in [6.45, 7) is 9.14. The molecule has 0 fully saturated rings. The number of carbonyl (C=O) groups is 1. The normalized spacial score (nSPS) is 13.7. The first-order valence-electron chi connectivity index (χ1n) is 9.21. The van der Waals surface area contributed by atoms with Gasteiger partial charge in [0.1, 0.15) is 13.3 Å². The van der Waals surface area contributed by atoms with Crippen molar-refractivity contribution >= 4 is 20.0 Å². The highest BCUT2D eigenvalue weighted by atomic mass is 28.3. The fraction of sp³-hybridized carbons (Fsp3) is 0.474. The number of hydrogen-bond acceptors (Lipinski definition) is 5. The minimum Gasteiger partial charge on any atom is -0.445 e. The molecule has 0 radical (unpaired) electrons. The third-order valence-electron chi connectivity index (χ3n) is 4.56. The van der Waals surface area contributed by atoms with Crippen molar-refractivity contribution in [2.75, 3.05) is 12.3 Å². The smallest absolute Gasteiger partial charge is 0.410 e. The van der Waals surface area contributed by atoms with Crippen LogP contribution in [0, 0.1) is 0 Å². The van der Waals surface area contributed by atoms with Crippen molar-refractivity contribution in [2.24, 2.45) is 0 Å². The third-order valence-corrected chi connectivity index (χ3v) is 6.26. The Morgan fingerprint density at radius 1 is 1.22 bits per heavy atom. The standard InChI is InChI=1S/C19H28N4O3Si/c1-27(2,3)10-9-25-14-23-17-12-22(11-16(17)18(20)21-23)19(24)26-13-15-7-5-4-6-8-15/h4-8H,9-14H2,1-3H3,(H2,20,21). The monoisotopic (exact) mass is 388 g/mol. The number of ether oxygens (including phenoxy) is 2. The van der Waals surface area contributed by atoms with Crippen molar-refractivity contribution in [1.29, 1.82) is 0 Å². The van der Waals surface area contributed by atoms with Gasteiger partial charge in [-0.05, 0) is 11.6 Å². The predicted molar refractivity (Wildman–Crippen MR) is 107 cm³/mol. The van der Waals surface area contributed by atoms with Crippen molar-refractivity contribution in [3.05, 3.63) is 47.2 Å². The van der Waals surface area contributed by atoms with Crippen LogP contribution in [-0.4, -0.2) is 35.5 Å². The van der Waals surface area contributed by atoms with E-state index in [0.29, 0.717) is 32.2 Å². The van der Waals surface area contributed by atoms with Crippen LogP contribution in [0.5, 0.6) is 0 Å². The summed E-state index contributed by atoms with van der Waals surface area (Å²) in [6.07, 6.45) is -0.347. The number of benzene rings is 1. The van der Waals surface area contributed by atoms with E-state index in [1.54, 1.807) is 9.58 Å². The molecular formula is C19H28N4O3Si. The zero-order valence-corrected chi connectivity index (χ0v) is 17.3. The Hall–Kier alpha value is -2.32. The molecule has 3 rings (SSSR count). The number of nitrogens with two attached hydrogens (primary N) is 1. The van der Waals surface area contributed by atoms with Gasteiger partial charge in [-0.2, -0.15) is 5.10 Å². The highest BCUT2D eigenvalue weighted by Gasteiger charge is 2.30. The Morgan fingerprint density at radius 2 is 1.96 bits per heavy atom. The molecule has 0 aliphatic carbocycles. The molecule has 1 aliphatic rings. The van der Waals surface area contributed by atoms with E-state index in [1.807, 2.05) is 30.3 Å². The minimum atomic E-state index is -1.12. The number of anilines is 1. The molecule has 2 heterocycles. The molecule has 0 bridgehead atoms. The molecule has 2 aromatic rings. The molecule has 2 N–H and O–H groups in total. The lowest BCUT2D eigenvalue weighted by Gasteiger charge is -2.17. The number of hydrogen-bond donors (Lipinski definition) is 1. The number of nitrogens with zero attached hydrogens (tertiary/aromatic N) is 3. The maximum atomic E-state index is 12.4. The Bertz CT molecular complexity index is 786. The number of rotatable bonds is 7. The zero-order valence-electron chi connectivity index (χ0n) is 16.3. The highest BCUT2D eigenvalue weighted by molar-refractivity contribution is 6.76. The van der Waals surface area contributed by atoms with Crippen LogP contribution in [0.2, 0.25) is 25.7 Å². The third kappa shape index (κ3) is 5.11. The largest absolute Gasteiger partial charge is 0.445 e. The maximum absolute atomic E-state index is 12.4. The molecular weight excluding hydrogens is 360 g/mol. The molecule has 1 amide bonds. The van der Waals surface area contributed by atoms with Crippen LogP contribution in [0.25, 0.3) is 0 Å². The number of carbonyl (C=O) groups excluding carboxylic acids is 1. The lowest BCUT2D eigenvalue weighted by molar-refractivity contribution is 0.0730. The molecule has 0 saturated carbocycles. The topological polar surface area (TPSA) is 82.6 Å². The summed E-state index contributed by atoms with van der Waals surface area (Å²) >= 11 is 0. The van der Waals surface area contributed by atoms with E-state index in [4.69, 9.17) is 15.2 Å². The summed E-state index contributed by atoms with van der Waals surface area (Å²) in [7, 11) is -1.12. The maximum Gasteiger partial charge on any atom is 0.410 e. The summed E-state index contributed by atoms with van der Waals surface area (Å²) in [5, 5.41) is 4.36. The van der Waals surface area contributed by atoms with Gasteiger partial charge in [0.25, 0.3) is 0 Å². The van der Waals surface area contributed by atoms with Gasteiger partial charge in [-0.15, -0.1) is 0 Å². The number of amides is 1. The van der Waals surface area contributed by atoms with Crippen molar-refractivity contribution < 1.29 is 14.3 Å². The average Bonchev–Trinajstić information content (AvgIpc) is 3.18. The van der Waals surface area contributed by atoms with E-state index >= 15 is 0 Å². The fourth-order valence-electron chi connectivity index (χ4n) is 2.91. The Morgan fingerprint density at radius 3 is 2.67 bits per heavy atom. The van der Waals surface area contributed by atoms with Crippen LogP contribution >= 0.6 is 0 Å². The summed E-state index contributed by atoms with van der Waals surface area (Å²) in [4.78, 5) is 14.0. The van der Waals surface area contributed by atoms with Crippen LogP contribution in [0.4, 0.5) is 10.6 Å². The molecule has 1 aromatic carbocycles.